The van der Waals surface area contributed by atoms with Crippen LogP contribution in [0.3, 0.4) is 0 Å². The molecule has 4 heterocycles. The molecule has 41 heavy (non-hydrogen) atoms. The molecule has 1 N–H and O–H groups in total. The summed E-state index contributed by atoms with van der Waals surface area (Å²) in [5.41, 5.74) is 1.71. The number of halogens is 4. The number of nitrogens with zero attached hydrogens (tertiary/aromatic N) is 4. The third-order valence-electron chi connectivity index (χ3n) is 7.74. The van der Waals surface area contributed by atoms with Crippen molar-refractivity contribution in [3.8, 4) is 17.0 Å². The number of anilines is 1. The highest BCUT2D eigenvalue weighted by molar-refractivity contribution is 5.95. The number of likely N-dealkylation sites (tertiary alicyclic amines) is 1. The molecule has 0 aliphatic carbocycles. The van der Waals surface area contributed by atoms with Crippen LogP contribution in [0.25, 0.3) is 11.1 Å². The van der Waals surface area contributed by atoms with Crippen molar-refractivity contribution in [3.63, 3.8) is 0 Å². The van der Waals surface area contributed by atoms with Crippen LogP contribution in [0.5, 0.6) is 5.88 Å². The molecule has 0 radical (unpaired) electrons. The molecule has 7 nitrogen and oxygen atoms in total. The van der Waals surface area contributed by atoms with E-state index in [2.05, 4.69) is 43.9 Å². The summed E-state index contributed by atoms with van der Waals surface area (Å²) < 4.78 is 55.5. The highest BCUT2D eigenvalue weighted by Crippen LogP contribution is 2.27. The SMILES string of the molecule is CC1CCN(c2ccc(CN3CCC(NC(=O)c4ccc(F)c(-c5ccc(OC(F)(F)F)nc5)c4)CC3)cn2)CC1. The van der Waals surface area contributed by atoms with Gasteiger partial charge in [0.25, 0.3) is 5.91 Å². The first-order valence-corrected chi connectivity index (χ1v) is 13.9. The summed E-state index contributed by atoms with van der Waals surface area (Å²) >= 11 is 0. The van der Waals surface area contributed by atoms with E-state index in [4.69, 9.17) is 4.98 Å². The van der Waals surface area contributed by atoms with E-state index in [9.17, 15) is 22.4 Å². The summed E-state index contributed by atoms with van der Waals surface area (Å²) in [6.45, 7) is 6.85. The number of benzene rings is 1. The minimum Gasteiger partial charge on any atom is -0.388 e. The molecule has 0 atom stereocenters. The Balaban J connectivity index is 1.12. The minimum atomic E-state index is -4.87. The quantitative estimate of drug-likeness (QED) is 0.361. The third-order valence-corrected chi connectivity index (χ3v) is 7.74. The van der Waals surface area contributed by atoms with Crippen molar-refractivity contribution >= 4 is 11.7 Å². The van der Waals surface area contributed by atoms with Crippen LogP contribution in [-0.2, 0) is 6.54 Å². The average Bonchev–Trinajstić information content (AvgIpc) is 2.95. The number of rotatable bonds is 7. The summed E-state index contributed by atoms with van der Waals surface area (Å²) in [6, 6.07) is 10.4. The Hall–Kier alpha value is -3.73. The molecule has 2 aliphatic heterocycles. The van der Waals surface area contributed by atoms with Crippen molar-refractivity contribution < 1.29 is 27.1 Å². The molecule has 2 fully saturated rings. The highest BCUT2D eigenvalue weighted by atomic mass is 19.4. The van der Waals surface area contributed by atoms with Gasteiger partial charge in [-0.15, -0.1) is 13.2 Å². The normalized spacial score (nSPS) is 17.4. The Kier molecular flexibility index (Phi) is 8.72. The number of aromatic nitrogens is 2. The third kappa shape index (κ3) is 7.72. The molecule has 5 rings (SSSR count). The molecule has 2 aromatic heterocycles. The van der Waals surface area contributed by atoms with Crippen molar-refractivity contribution in [2.75, 3.05) is 31.1 Å². The molecule has 0 spiro atoms. The van der Waals surface area contributed by atoms with Crippen molar-refractivity contribution in [1.82, 2.24) is 20.2 Å². The van der Waals surface area contributed by atoms with E-state index in [1.165, 1.54) is 31.0 Å². The van der Waals surface area contributed by atoms with Crippen molar-refractivity contribution in [3.05, 3.63) is 71.8 Å². The van der Waals surface area contributed by atoms with Crippen LogP contribution in [0.1, 0.15) is 48.5 Å². The maximum absolute atomic E-state index is 14.5. The smallest absolute Gasteiger partial charge is 0.388 e. The van der Waals surface area contributed by atoms with Crippen LogP contribution in [0, 0.1) is 11.7 Å². The van der Waals surface area contributed by atoms with Gasteiger partial charge in [-0.3, -0.25) is 9.69 Å². The summed E-state index contributed by atoms with van der Waals surface area (Å²) in [7, 11) is 0. The molecule has 2 saturated heterocycles. The molecule has 3 aromatic rings. The zero-order valence-corrected chi connectivity index (χ0v) is 22.8. The van der Waals surface area contributed by atoms with Crippen LogP contribution in [0.4, 0.5) is 23.4 Å². The van der Waals surface area contributed by atoms with Gasteiger partial charge in [0.15, 0.2) is 0 Å². The summed E-state index contributed by atoms with van der Waals surface area (Å²) in [5, 5.41) is 3.03. The predicted molar refractivity (Wildman–Crippen MR) is 147 cm³/mol. The first-order chi connectivity index (χ1) is 19.6. The predicted octanol–water partition coefficient (Wildman–Crippen LogP) is 5.81. The fraction of sp³-hybridized carbons (Fsp3) is 0.433. The van der Waals surface area contributed by atoms with Gasteiger partial charge < -0.3 is 15.0 Å². The van der Waals surface area contributed by atoms with Crippen LogP contribution >= 0.6 is 0 Å². The standard InChI is InChI=1S/C30H33F4N5O2/c1-20-8-14-39(15-9-20)27-6-2-21(17-35-27)19-38-12-10-24(11-13-38)37-29(40)22-3-5-26(31)25(16-22)23-4-7-28(36-18-23)41-30(32,33)34/h2-7,16-18,20,24H,8-15,19H2,1H3,(H,37,40). The maximum Gasteiger partial charge on any atom is 0.574 e. The second-order valence-corrected chi connectivity index (χ2v) is 10.8. The van der Waals surface area contributed by atoms with Crippen molar-refractivity contribution in [2.24, 2.45) is 5.92 Å². The van der Waals surface area contributed by atoms with Crippen LogP contribution in [0.2, 0.25) is 0 Å². The Morgan fingerprint density at radius 3 is 2.37 bits per heavy atom. The molecule has 218 valence electrons. The van der Waals surface area contributed by atoms with Crippen molar-refractivity contribution in [1.29, 1.82) is 0 Å². The number of hydrogen-bond acceptors (Lipinski definition) is 6. The van der Waals surface area contributed by atoms with E-state index < -0.39 is 18.1 Å². The summed E-state index contributed by atoms with van der Waals surface area (Å²) in [6.07, 6.45) is 2.12. The molecule has 0 saturated carbocycles. The molecular weight excluding hydrogens is 538 g/mol. The first-order valence-electron chi connectivity index (χ1n) is 13.9. The Labute approximate surface area is 236 Å². The Morgan fingerprint density at radius 2 is 1.73 bits per heavy atom. The van der Waals surface area contributed by atoms with E-state index in [-0.39, 0.29) is 28.6 Å². The van der Waals surface area contributed by atoms with Crippen LogP contribution in [-0.4, -0.2) is 59.4 Å². The first kappa shape index (κ1) is 28.8. The van der Waals surface area contributed by atoms with E-state index in [0.29, 0.717) is 0 Å². The molecule has 1 amide bonds. The molecular formula is C30H33F4N5O2. The van der Waals surface area contributed by atoms with E-state index in [1.54, 1.807) is 0 Å². The van der Waals surface area contributed by atoms with Gasteiger partial charge in [-0.2, -0.15) is 0 Å². The zero-order valence-electron chi connectivity index (χ0n) is 22.8. The van der Waals surface area contributed by atoms with Gasteiger partial charge in [0.2, 0.25) is 5.88 Å². The lowest BCUT2D eigenvalue weighted by molar-refractivity contribution is -0.276. The fourth-order valence-electron chi connectivity index (χ4n) is 5.30. The largest absolute Gasteiger partial charge is 0.574 e. The van der Waals surface area contributed by atoms with E-state index >= 15 is 0 Å². The summed E-state index contributed by atoms with van der Waals surface area (Å²) in [5.74, 6) is 0.216. The molecule has 2 aliphatic rings. The van der Waals surface area contributed by atoms with Crippen LogP contribution < -0.4 is 15.0 Å². The van der Waals surface area contributed by atoms with Crippen molar-refractivity contribution in [2.45, 2.75) is 51.6 Å². The highest BCUT2D eigenvalue weighted by Gasteiger charge is 2.31. The maximum atomic E-state index is 14.5. The van der Waals surface area contributed by atoms with Gasteiger partial charge in [0, 0.05) is 73.9 Å². The lowest BCUT2D eigenvalue weighted by atomic mass is 9.99. The molecule has 0 bridgehead atoms. The second kappa shape index (κ2) is 12.4. The fourth-order valence-corrected chi connectivity index (χ4v) is 5.30. The number of pyridine rings is 2. The van der Waals surface area contributed by atoms with Gasteiger partial charge >= 0.3 is 6.36 Å². The average molecular weight is 572 g/mol. The van der Waals surface area contributed by atoms with E-state index in [1.807, 2.05) is 6.20 Å². The monoisotopic (exact) mass is 571 g/mol. The summed E-state index contributed by atoms with van der Waals surface area (Å²) in [4.78, 5) is 25.9. The molecule has 11 heteroatoms. The van der Waals surface area contributed by atoms with Gasteiger partial charge in [0.1, 0.15) is 11.6 Å². The molecule has 0 unspecified atom stereocenters. The number of nitrogens with one attached hydrogen (secondary N) is 1. The number of hydrogen-bond donors (Lipinski definition) is 1. The van der Waals surface area contributed by atoms with E-state index in [0.717, 1.165) is 81.2 Å². The number of amides is 1. The van der Waals surface area contributed by atoms with Gasteiger partial charge in [0.05, 0.1) is 0 Å². The lowest BCUT2D eigenvalue weighted by Crippen LogP contribution is -2.44. The van der Waals surface area contributed by atoms with Gasteiger partial charge in [-0.05, 0) is 67.5 Å². The Bertz CT molecular complexity index is 1320. The number of alkyl halides is 3. The second-order valence-electron chi connectivity index (χ2n) is 10.8. The van der Waals surface area contributed by atoms with Crippen LogP contribution in [0.15, 0.2) is 54.9 Å². The molecule has 1 aromatic carbocycles. The number of carbonyl (C=O) groups is 1. The lowest BCUT2D eigenvalue weighted by Gasteiger charge is -2.33. The Morgan fingerprint density at radius 1 is 0.976 bits per heavy atom. The number of piperidine rings is 2. The topological polar surface area (TPSA) is 70.6 Å². The number of carbonyl (C=O) groups excluding carboxylic acids is 1. The van der Waals surface area contributed by atoms with Gasteiger partial charge in [-0.1, -0.05) is 13.0 Å². The minimum absolute atomic E-state index is 0.0188. The number of ether oxygens (including phenoxy) is 1. The van der Waals surface area contributed by atoms with Gasteiger partial charge in [-0.25, -0.2) is 14.4 Å². The zero-order chi connectivity index (χ0) is 29.0.